The smallest absolute Gasteiger partial charge is 0.278 e. The third kappa shape index (κ3) is 3.14. The van der Waals surface area contributed by atoms with E-state index in [1.165, 1.54) is 0 Å². The fourth-order valence-electron chi connectivity index (χ4n) is 1.98. The first-order valence-corrected chi connectivity index (χ1v) is 6.87. The molecule has 0 unspecified atom stereocenters. The van der Waals surface area contributed by atoms with Gasteiger partial charge in [-0.15, -0.1) is 0 Å². The summed E-state index contributed by atoms with van der Waals surface area (Å²) in [6.07, 6.45) is 1.55. The number of aromatic nitrogens is 1. The second-order valence-corrected chi connectivity index (χ2v) is 5.39. The highest BCUT2D eigenvalue weighted by atomic mass is 79.9. The Morgan fingerprint density at radius 1 is 1.30 bits per heavy atom. The molecule has 1 N–H and O–H groups in total. The van der Waals surface area contributed by atoms with Crippen molar-refractivity contribution >= 4 is 27.3 Å². The van der Waals surface area contributed by atoms with Crippen molar-refractivity contribution in [2.45, 2.75) is 20.4 Å². The summed E-state index contributed by atoms with van der Waals surface area (Å²) in [6, 6.07) is 7.73. The predicted molar refractivity (Wildman–Crippen MR) is 81.8 cm³/mol. The van der Waals surface area contributed by atoms with Gasteiger partial charge in [0.05, 0.1) is 22.7 Å². The van der Waals surface area contributed by atoms with Crippen LogP contribution in [-0.2, 0) is 6.54 Å². The Morgan fingerprint density at radius 3 is 2.55 bits per heavy atom. The van der Waals surface area contributed by atoms with E-state index in [1.54, 1.807) is 20.0 Å². The zero-order valence-electron chi connectivity index (χ0n) is 11.2. The van der Waals surface area contributed by atoms with Crippen LogP contribution in [0.15, 0.2) is 34.9 Å². The highest BCUT2D eigenvalue weighted by molar-refractivity contribution is 9.10. The summed E-state index contributed by atoms with van der Waals surface area (Å²) in [5, 5.41) is 14.3. The molecular weight excluding hydrogens is 322 g/mol. The third-order valence-electron chi connectivity index (χ3n) is 3.06. The quantitative estimate of drug-likeness (QED) is 0.677. The summed E-state index contributed by atoms with van der Waals surface area (Å²) in [5.41, 5.74) is 2.97. The number of aryl methyl sites for hydroxylation is 1. The molecule has 0 fully saturated rings. The highest BCUT2D eigenvalue weighted by Gasteiger charge is 2.18. The minimum absolute atomic E-state index is 0.146. The van der Waals surface area contributed by atoms with Gasteiger partial charge in [0.1, 0.15) is 0 Å². The molecule has 0 aliphatic rings. The molecule has 0 saturated carbocycles. The first-order chi connectivity index (χ1) is 9.49. The van der Waals surface area contributed by atoms with E-state index in [-0.39, 0.29) is 10.6 Å². The van der Waals surface area contributed by atoms with E-state index in [0.29, 0.717) is 23.4 Å². The molecule has 0 saturated heterocycles. The van der Waals surface area contributed by atoms with E-state index in [2.05, 4.69) is 26.2 Å². The van der Waals surface area contributed by atoms with Gasteiger partial charge in [-0.3, -0.25) is 15.1 Å². The number of anilines is 1. The number of hydrogen-bond donors (Lipinski definition) is 1. The molecule has 0 bridgehead atoms. The Labute approximate surface area is 125 Å². The second-order valence-electron chi connectivity index (χ2n) is 4.48. The van der Waals surface area contributed by atoms with Gasteiger partial charge >= 0.3 is 0 Å². The van der Waals surface area contributed by atoms with Crippen LogP contribution in [0.4, 0.5) is 11.4 Å². The van der Waals surface area contributed by atoms with Crippen molar-refractivity contribution in [2.24, 2.45) is 0 Å². The van der Waals surface area contributed by atoms with Crippen molar-refractivity contribution < 1.29 is 4.92 Å². The molecule has 1 aromatic heterocycles. The van der Waals surface area contributed by atoms with Crippen LogP contribution >= 0.6 is 15.9 Å². The summed E-state index contributed by atoms with van der Waals surface area (Å²) in [6.45, 7) is 3.88. The summed E-state index contributed by atoms with van der Waals surface area (Å²) in [7, 11) is 0. The van der Waals surface area contributed by atoms with Gasteiger partial charge in [-0.05, 0) is 38.1 Å². The molecule has 104 valence electrons. The van der Waals surface area contributed by atoms with Gasteiger partial charge < -0.3 is 5.32 Å². The molecule has 1 heterocycles. The Kier molecular flexibility index (Phi) is 4.34. The van der Waals surface area contributed by atoms with E-state index < -0.39 is 0 Å². The summed E-state index contributed by atoms with van der Waals surface area (Å²) in [5.74, 6) is 0. The number of hydrogen-bond acceptors (Lipinski definition) is 4. The topological polar surface area (TPSA) is 68.1 Å². The average Bonchev–Trinajstić information content (AvgIpc) is 2.39. The molecule has 0 spiro atoms. The van der Waals surface area contributed by atoms with Crippen molar-refractivity contribution in [1.29, 1.82) is 0 Å². The first kappa shape index (κ1) is 14.5. The minimum Gasteiger partial charge on any atom is -0.379 e. The van der Waals surface area contributed by atoms with Crippen LogP contribution in [0.5, 0.6) is 0 Å². The number of benzene rings is 1. The fourth-order valence-corrected chi connectivity index (χ4v) is 2.24. The Morgan fingerprint density at radius 2 is 1.95 bits per heavy atom. The molecule has 0 radical (unpaired) electrons. The molecule has 20 heavy (non-hydrogen) atoms. The number of rotatable bonds is 4. The van der Waals surface area contributed by atoms with Crippen molar-refractivity contribution in [3.8, 4) is 0 Å². The van der Waals surface area contributed by atoms with Gasteiger partial charge in [0, 0.05) is 21.9 Å². The molecule has 0 aliphatic carbocycles. The monoisotopic (exact) mass is 335 g/mol. The van der Waals surface area contributed by atoms with E-state index in [1.807, 2.05) is 24.3 Å². The normalized spacial score (nSPS) is 10.3. The number of nitrogens with zero attached hydrogens (tertiary/aromatic N) is 2. The summed E-state index contributed by atoms with van der Waals surface area (Å²) in [4.78, 5) is 15.0. The van der Waals surface area contributed by atoms with E-state index >= 15 is 0 Å². The van der Waals surface area contributed by atoms with Crippen LogP contribution < -0.4 is 5.32 Å². The highest BCUT2D eigenvalue weighted by Crippen LogP contribution is 2.24. The lowest BCUT2D eigenvalue weighted by atomic mass is 10.1. The number of pyridine rings is 1. The fraction of sp³-hybridized carbons (Fsp3) is 0.214. The van der Waals surface area contributed by atoms with Crippen LogP contribution in [-0.4, -0.2) is 9.91 Å². The second kappa shape index (κ2) is 6.00. The van der Waals surface area contributed by atoms with E-state index in [0.717, 1.165) is 10.2 Å². The lowest BCUT2D eigenvalue weighted by Gasteiger charge is -2.09. The molecule has 0 amide bonds. The standard InChI is InChI=1S/C14H14BrN3O2/c1-9-7-17-13(10(2)14(9)18(19)20)8-16-12-5-3-11(15)4-6-12/h3-7,16H,8H2,1-2H3. The largest absolute Gasteiger partial charge is 0.379 e. The van der Waals surface area contributed by atoms with Crippen molar-refractivity contribution in [1.82, 2.24) is 4.98 Å². The van der Waals surface area contributed by atoms with E-state index in [4.69, 9.17) is 0 Å². The first-order valence-electron chi connectivity index (χ1n) is 6.08. The Balaban J connectivity index is 2.20. The van der Waals surface area contributed by atoms with Gasteiger partial charge in [-0.1, -0.05) is 15.9 Å². The van der Waals surface area contributed by atoms with Crippen molar-refractivity contribution in [3.05, 3.63) is 61.9 Å². The molecule has 5 nitrogen and oxygen atoms in total. The minimum atomic E-state index is -0.352. The molecule has 0 atom stereocenters. The van der Waals surface area contributed by atoms with Crippen LogP contribution in [0.1, 0.15) is 16.8 Å². The van der Waals surface area contributed by atoms with Gasteiger partial charge in [0.15, 0.2) is 0 Å². The van der Waals surface area contributed by atoms with Gasteiger partial charge in [0.25, 0.3) is 5.69 Å². The zero-order chi connectivity index (χ0) is 14.7. The summed E-state index contributed by atoms with van der Waals surface area (Å²) < 4.78 is 1.00. The molecule has 6 heteroatoms. The molecule has 0 aliphatic heterocycles. The third-order valence-corrected chi connectivity index (χ3v) is 3.59. The molecule has 2 aromatic rings. The lowest BCUT2D eigenvalue weighted by molar-refractivity contribution is -0.386. The van der Waals surface area contributed by atoms with Crippen molar-refractivity contribution in [3.63, 3.8) is 0 Å². The SMILES string of the molecule is Cc1cnc(CNc2ccc(Br)cc2)c(C)c1[N+](=O)[O-]. The molecule has 2 rings (SSSR count). The average molecular weight is 336 g/mol. The molecule has 1 aromatic carbocycles. The lowest BCUT2D eigenvalue weighted by Crippen LogP contribution is -2.07. The Hall–Kier alpha value is -1.95. The van der Waals surface area contributed by atoms with Crippen molar-refractivity contribution in [2.75, 3.05) is 5.32 Å². The number of halogens is 1. The van der Waals surface area contributed by atoms with Crippen LogP contribution in [0, 0.1) is 24.0 Å². The van der Waals surface area contributed by atoms with Gasteiger partial charge in [-0.2, -0.15) is 0 Å². The van der Waals surface area contributed by atoms with Crippen LogP contribution in [0.2, 0.25) is 0 Å². The Bertz CT molecular complexity index is 642. The van der Waals surface area contributed by atoms with Gasteiger partial charge in [0.2, 0.25) is 0 Å². The maximum absolute atomic E-state index is 11.1. The maximum atomic E-state index is 11.1. The number of nitrogens with one attached hydrogen (secondary N) is 1. The molecular formula is C14H14BrN3O2. The maximum Gasteiger partial charge on any atom is 0.278 e. The predicted octanol–water partition coefficient (Wildman–Crippen LogP) is 3.98. The van der Waals surface area contributed by atoms with E-state index in [9.17, 15) is 10.1 Å². The number of nitro groups is 1. The zero-order valence-corrected chi connectivity index (χ0v) is 12.8. The summed E-state index contributed by atoms with van der Waals surface area (Å²) >= 11 is 3.37. The van der Waals surface area contributed by atoms with Crippen LogP contribution in [0.3, 0.4) is 0 Å². The van der Waals surface area contributed by atoms with Crippen LogP contribution in [0.25, 0.3) is 0 Å². The van der Waals surface area contributed by atoms with Gasteiger partial charge in [-0.25, -0.2) is 0 Å².